The van der Waals surface area contributed by atoms with Gasteiger partial charge in [-0.2, -0.15) is 25.3 Å². The Bertz CT molecular complexity index is 312. The number of likely N-dealkylation sites (N-methyl/N-ethyl adjacent to an activating group) is 1. The molecule has 0 bridgehead atoms. The van der Waals surface area contributed by atoms with E-state index < -0.39 is 11.0 Å². The molecular weight excluding hydrogens is 268 g/mol. The molecule has 0 rings (SSSR count). The monoisotopic (exact) mass is 292 g/mol. The molecule has 0 aliphatic heterocycles. The van der Waals surface area contributed by atoms with Gasteiger partial charge in [0.25, 0.3) is 0 Å². The van der Waals surface area contributed by atoms with Gasteiger partial charge in [-0.25, -0.2) is 0 Å². The van der Waals surface area contributed by atoms with Crippen molar-refractivity contribution in [1.29, 1.82) is 0 Å². The molecule has 4 nitrogen and oxygen atoms in total. The van der Waals surface area contributed by atoms with Crippen LogP contribution in [0.25, 0.3) is 0 Å². The zero-order valence-electron chi connectivity index (χ0n) is 11.5. The molecule has 0 aromatic carbocycles. The number of thiol groups is 2. The number of Topliss-reactive ketones (excluding diaryl/α,β-unsaturated/α-hetero) is 1. The van der Waals surface area contributed by atoms with Gasteiger partial charge < -0.3 is 10.6 Å². The van der Waals surface area contributed by atoms with Crippen molar-refractivity contribution in [3.8, 4) is 0 Å². The molecule has 0 saturated heterocycles. The van der Waals surface area contributed by atoms with E-state index in [1.165, 1.54) is 0 Å². The Kier molecular flexibility index (Phi) is 7.32. The quantitative estimate of drug-likeness (QED) is 0.503. The van der Waals surface area contributed by atoms with Crippen LogP contribution < -0.4 is 10.6 Å². The average Bonchev–Trinajstić information content (AvgIpc) is 2.37. The number of nitrogens with one attached hydrogen (secondary N) is 2. The Morgan fingerprint density at radius 1 is 1.17 bits per heavy atom. The van der Waals surface area contributed by atoms with Crippen LogP contribution in [0.2, 0.25) is 0 Å². The van der Waals surface area contributed by atoms with Gasteiger partial charge in [0.05, 0.1) is 11.0 Å². The minimum Gasteiger partial charge on any atom is -0.359 e. The standard InChI is InChI=1S/C12H24N2O2S2/c1-5-14-12(3,8-18)9(15)6-11(2,7-17)10(16)13-4/h14,17-18H,5-8H2,1-4H3,(H,13,16)/t11-,12+/m1/s1. The van der Waals surface area contributed by atoms with Gasteiger partial charge in [0.2, 0.25) is 5.91 Å². The summed E-state index contributed by atoms with van der Waals surface area (Å²) in [5, 5.41) is 5.71. The maximum absolute atomic E-state index is 12.4. The second-order valence-corrected chi connectivity index (χ2v) is 5.55. The molecule has 0 radical (unpaired) electrons. The molecule has 0 heterocycles. The first-order valence-electron chi connectivity index (χ1n) is 6.02. The van der Waals surface area contributed by atoms with Crippen LogP contribution in [0, 0.1) is 5.41 Å². The third kappa shape index (κ3) is 4.17. The Hall–Kier alpha value is -0.200. The van der Waals surface area contributed by atoms with Crippen molar-refractivity contribution in [1.82, 2.24) is 10.6 Å². The van der Waals surface area contributed by atoms with E-state index in [4.69, 9.17) is 0 Å². The predicted octanol–water partition coefficient (Wildman–Crippen LogP) is 0.926. The SMILES string of the molecule is CCN[C@@](C)(CS)C(=O)C[C@](C)(CS)C(=O)NC. The highest BCUT2D eigenvalue weighted by Gasteiger charge is 2.39. The van der Waals surface area contributed by atoms with Crippen molar-refractivity contribution in [2.24, 2.45) is 5.41 Å². The molecule has 0 aliphatic rings. The van der Waals surface area contributed by atoms with Crippen LogP contribution in [0.5, 0.6) is 0 Å². The number of rotatable bonds is 8. The summed E-state index contributed by atoms with van der Waals surface area (Å²) in [6, 6.07) is 0. The third-order valence-electron chi connectivity index (χ3n) is 3.17. The van der Waals surface area contributed by atoms with Crippen molar-refractivity contribution in [2.45, 2.75) is 32.7 Å². The van der Waals surface area contributed by atoms with Crippen molar-refractivity contribution in [2.75, 3.05) is 25.1 Å². The van der Waals surface area contributed by atoms with Gasteiger partial charge in [-0.15, -0.1) is 0 Å². The Morgan fingerprint density at radius 2 is 1.72 bits per heavy atom. The summed E-state index contributed by atoms with van der Waals surface area (Å²) in [5.74, 6) is 0.548. The van der Waals surface area contributed by atoms with E-state index in [-0.39, 0.29) is 18.1 Å². The molecule has 0 aromatic rings. The maximum Gasteiger partial charge on any atom is 0.226 e. The molecule has 2 atom stereocenters. The fourth-order valence-electron chi connectivity index (χ4n) is 1.69. The van der Waals surface area contributed by atoms with E-state index in [1.807, 2.05) is 13.8 Å². The van der Waals surface area contributed by atoms with Crippen LogP contribution >= 0.6 is 25.3 Å². The molecule has 0 saturated carbocycles. The molecular formula is C12H24N2O2S2. The van der Waals surface area contributed by atoms with E-state index in [0.29, 0.717) is 18.1 Å². The van der Waals surface area contributed by atoms with Crippen LogP contribution in [0.3, 0.4) is 0 Å². The van der Waals surface area contributed by atoms with E-state index in [1.54, 1.807) is 14.0 Å². The van der Waals surface area contributed by atoms with Crippen molar-refractivity contribution >= 4 is 36.9 Å². The van der Waals surface area contributed by atoms with Gasteiger partial charge in [-0.1, -0.05) is 6.92 Å². The van der Waals surface area contributed by atoms with Crippen LogP contribution in [0.4, 0.5) is 0 Å². The minimum absolute atomic E-state index is 0.0144. The number of hydrogen-bond acceptors (Lipinski definition) is 5. The molecule has 18 heavy (non-hydrogen) atoms. The van der Waals surface area contributed by atoms with Crippen LogP contribution in [-0.4, -0.2) is 42.3 Å². The fraction of sp³-hybridized carbons (Fsp3) is 0.833. The first kappa shape index (κ1) is 17.8. The Balaban J connectivity index is 4.95. The van der Waals surface area contributed by atoms with Gasteiger partial charge in [0, 0.05) is 25.0 Å². The molecule has 0 unspecified atom stereocenters. The summed E-state index contributed by atoms with van der Waals surface area (Å²) in [7, 11) is 1.57. The lowest BCUT2D eigenvalue weighted by atomic mass is 9.81. The maximum atomic E-state index is 12.4. The van der Waals surface area contributed by atoms with E-state index >= 15 is 0 Å². The lowest BCUT2D eigenvalue weighted by Crippen LogP contribution is -2.54. The Morgan fingerprint density at radius 3 is 2.06 bits per heavy atom. The van der Waals surface area contributed by atoms with Crippen molar-refractivity contribution in [3.63, 3.8) is 0 Å². The molecule has 106 valence electrons. The lowest BCUT2D eigenvalue weighted by molar-refractivity contribution is -0.135. The van der Waals surface area contributed by atoms with Crippen LogP contribution in [0.1, 0.15) is 27.2 Å². The molecule has 6 heteroatoms. The molecule has 1 amide bonds. The first-order chi connectivity index (χ1) is 8.29. The highest BCUT2D eigenvalue weighted by molar-refractivity contribution is 7.80. The summed E-state index contributed by atoms with van der Waals surface area (Å²) in [5.41, 5.74) is -1.48. The number of amides is 1. The smallest absolute Gasteiger partial charge is 0.226 e. The second-order valence-electron chi connectivity index (χ2n) is 4.92. The van der Waals surface area contributed by atoms with E-state index in [9.17, 15) is 9.59 Å². The predicted molar refractivity (Wildman–Crippen MR) is 81.6 cm³/mol. The normalized spacial score (nSPS) is 17.7. The lowest BCUT2D eigenvalue weighted by Gasteiger charge is -2.32. The topological polar surface area (TPSA) is 58.2 Å². The molecule has 0 fully saturated rings. The number of ketones is 1. The molecule has 0 aliphatic carbocycles. The minimum atomic E-state index is -0.783. The zero-order valence-corrected chi connectivity index (χ0v) is 13.3. The molecule has 0 aromatic heterocycles. The summed E-state index contributed by atoms with van der Waals surface area (Å²) < 4.78 is 0. The number of carbonyl (C=O) groups excluding carboxylic acids is 2. The van der Waals surface area contributed by atoms with Gasteiger partial charge in [-0.3, -0.25) is 9.59 Å². The highest BCUT2D eigenvalue weighted by atomic mass is 32.1. The Labute approximate surface area is 120 Å². The molecule has 2 N–H and O–H groups in total. The van der Waals surface area contributed by atoms with Gasteiger partial charge in [-0.05, 0) is 20.4 Å². The van der Waals surface area contributed by atoms with E-state index in [0.717, 1.165) is 0 Å². The fourth-order valence-corrected chi connectivity index (χ4v) is 2.24. The van der Waals surface area contributed by atoms with Gasteiger partial charge in [0.1, 0.15) is 0 Å². The second kappa shape index (κ2) is 7.40. The first-order valence-corrected chi connectivity index (χ1v) is 7.28. The summed E-state index contributed by atoms with van der Waals surface area (Å²) in [4.78, 5) is 24.2. The average molecular weight is 292 g/mol. The van der Waals surface area contributed by atoms with E-state index in [2.05, 4.69) is 35.9 Å². The van der Waals surface area contributed by atoms with Crippen LogP contribution in [0.15, 0.2) is 0 Å². The number of hydrogen-bond donors (Lipinski definition) is 4. The van der Waals surface area contributed by atoms with Gasteiger partial charge >= 0.3 is 0 Å². The van der Waals surface area contributed by atoms with Crippen molar-refractivity contribution < 1.29 is 9.59 Å². The summed E-state index contributed by atoms with van der Waals surface area (Å²) in [6.07, 6.45) is 0.153. The zero-order chi connectivity index (χ0) is 14.4. The third-order valence-corrected chi connectivity index (χ3v) is 4.50. The van der Waals surface area contributed by atoms with Crippen LogP contribution in [-0.2, 0) is 9.59 Å². The number of carbonyl (C=O) groups is 2. The largest absolute Gasteiger partial charge is 0.359 e. The van der Waals surface area contributed by atoms with Gasteiger partial charge in [0.15, 0.2) is 5.78 Å². The summed E-state index contributed by atoms with van der Waals surface area (Å²) in [6.45, 7) is 6.18. The van der Waals surface area contributed by atoms with Crippen molar-refractivity contribution in [3.05, 3.63) is 0 Å². The molecule has 0 spiro atoms. The summed E-state index contributed by atoms with van der Waals surface area (Å²) >= 11 is 8.42. The highest BCUT2D eigenvalue weighted by Crippen LogP contribution is 2.27.